The van der Waals surface area contributed by atoms with Crippen molar-refractivity contribution < 1.29 is 4.79 Å². The van der Waals surface area contributed by atoms with Crippen LogP contribution in [0.4, 0.5) is 11.4 Å². The van der Waals surface area contributed by atoms with Crippen molar-refractivity contribution in [2.24, 2.45) is 0 Å². The molecule has 0 unspecified atom stereocenters. The molecule has 0 aliphatic rings. The van der Waals surface area contributed by atoms with Crippen molar-refractivity contribution >= 4 is 17.3 Å². The van der Waals surface area contributed by atoms with E-state index in [9.17, 15) is 4.79 Å². The van der Waals surface area contributed by atoms with Crippen molar-refractivity contribution in [2.75, 3.05) is 24.1 Å². The highest BCUT2D eigenvalue weighted by atomic mass is 16.1. The Morgan fingerprint density at radius 2 is 2.18 bits per heavy atom. The van der Waals surface area contributed by atoms with Crippen LogP contribution in [0, 0.1) is 0 Å². The van der Waals surface area contributed by atoms with Crippen LogP contribution in [0.1, 0.15) is 24.2 Å². The maximum Gasteiger partial charge on any atom is 0.253 e. The average Bonchev–Trinajstić information content (AvgIpc) is 2.26. The molecule has 4 N–H and O–H groups in total. The van der Waals surface area contributed by atoms with Crippen LogP contribution < -0.4 is 16.4 Å². The lowest BCUT2D eigenvalue weighted by Gasteiger charge is -2.12. The summed E-state index contributed by atoms with van der Waals surface area (Å²) in [6.45, 7) is 8.84. The molecule has 0 aliphatic heterocycles. The van der Waals surface area contributed by atoms with Crippen LogP contribution in [0.2, 0.25) is 0 Å². The number of nitrogens with one attached hydrogen (secondary N) is 2. The molecular formula is C13H19N3O. The van der Waals surface area contributed by atoms with Gasteiger partial charge in [-0.05, 0) is 32.0 Å². The zero-order valence-corrected chi connectivity index (χ0v) is 10.3. The van der Waals surface area contributed by atoms with Gasteiger partial charge in [-0.1, -0.05) is 12.2 Å². The summed E-state index contributed by atoms with van der Waals surface area (Å²) >= 11 is 0. The van der Waals surface area contributed by atoms with Gasteiger partial charge in [0.1, 0.15) is 0 Å². The number of hydrogen-bond acceptors (Lipinski definition) is 3. The molecule has 1 aromatic carbocycles. The summed E-state index contributed by atoms with van der Waals surface area (Å²) in [4.78, 5) is 11.8. The lowest BCUT2D eigenvalue weighted by molar-refractivity contribution is 0.0956. The molecule has 0 heterocycles. The number of amides is 1. The van der Waals surface area contributed by atoms with E-state index >= 15 is 0 Å². The van der Waals surface area contributed by atoms with Gasteiger partial charge >= 0.3 is 0 Å². The van der Waals surface area contributed by atoms with Crippen molar-refractivity contribution in [1.82, 2.24) is 5.32 Å². The summed E-state index contributed by atoms with van der Waals surface area (Å²) in [5, 5.41) is 5.92. The monoisotopic (exact) mass is 233 g/mol. The van der Waals surface area contributed by atoms with Crippen LogP contribution in [0.15, 0.2) is 30.4 Å². The minimum Gasteiger partial charge on any atom is -0.399 e. The van der Waals surface area contributed by atoms with Gasteiger partial charge in [0.25, 0.3) is 5.91 Å². The lowest BCUT2D eigenvalue weighted by atomic mass is 10.1. The van der Waals surface area contributed by atoms with Crippen molar-refractivity contribution in [1.29, 1.82) is 0 Å². The van der Waals surface area contributed by atoms with Crippen LogP contribution >= 0.6 is 0 Å². The van der Waals surface area contributed by atoms with E-state index in [1.54, 1.807) is 18.2 Å². The van der Waals surface area contributed by atoms with E-state index in [2.05, 4.69) is 17.2 Å². The van der Waals surface area contributed by atoms with Gasteiger partial charge in [0, 0.05) is 24.5 Å². The molecule has 4 nitrogen and oxygen atoms in total. The third-order valence-corrected chi connectivity index (χ3v) is 2.21. The van der Waals surface area contributed by atoms with Crippen LogP contribution in [0.25, 0.3) is 0 Å². The summed E-state index contributed by atoms with van der Waals surface area (Å²) in [7, 11) is 0. The summed E-state index contributed by atoms with van der Waals surface area (Å²) in [5.74, 6) is -0.100. The molecule has 0 fully saturated rings. The van der Waals surface area contributed by atoms with Crippen LogP contribution in [-0.2, 0) is 0 Å². The molecular weight excluding hydrogens is 214 g/mol. The number of anilines is 2. The first-order valence-corrected chi connectivity index (χ1v) is 5.60. The van der Waals surface area contributed by atoms with Gasteiger partial charge in [-0.2, -0.15) is 0 Å². The molecule has 0 saturated heterocycles. The molecule has 92 valence electrons. The van der Waals surface area contributed by atoms with Gasteiger partial charge in [0.15, 0.2) is 0 Å². The molecule has 1 aromatic rings. The zero-order chi connectivity index (χ0) is 12.8. The van der Waals surface area contributed by atoms with Gasteiger partial charge in [-0.25, -0.2) is 0 Å². The highest BCUT2D eigenvalue weighted by molar-refractivity contribution is 6.00. The Balaban J connectivity index is 2.94. The van der Waals surface area contributed by atoms with E-state index in [0.717, 1.165) is 11.3 Å². The Kier molecular flexibility index (Phi) is 4.57. The fraction of sp³-hybridized carbons (Fsp3) is 0.308. The number of hydrogen-bond donors (Lipinski definition) is 3. The minimum atomic E-state index is -0.100. The van der Waals surface area contributed by atoms with Gasteiger partial charge in [0.05, 0.1) is 5.56 Å². The van der Waals surface area contributed by atoms with E-state index in [1.807, 2.05) is 13.8 Å². The Bertz CT molecular complexity index is 427. The Hall–Kier alpha value is -1.97. The molecule has 0 spiro atoms. The second-order valence-corrected chi connectivity index (χ2v) is 3.98. The predicted octanol–water partition coefficient (Wildman–Crippen LogP) is 2.01. The Morgan fingerprint density at radius 3 is 2.76 bits per heavy atom. The van der Waals surface area contributed by atoms with E-state index in [1.165, 1.54) is 0 Å². The average molecular weight is 233 g/mol. The number of carbonyl (C=O) groups excluding carboxylic acids is 1. The molecule has 1 amide bonds. The van der Waals surface area contributed by atoms with E-state index in [4.69, 9.17) is 5.73 Å². The Morgan fingerprint density at radius 1 is 1.47 bits per heavy atom. The number of benzene rings is 1. The summed E-state index contributed by atoms with van der Waals surface area (Å²) in [6, 6.07) is 5.20. The fourth-order valence-corrected chi connectivity index (χ4v) is 1.41. The molecule has 0 aromatic heterocycles. The third kappa shape index (κ3) is 3.83. The number of nitrogen functional groups attached to an aromatic ring is 1. The highest BCUT2D eigenvalue weighted by Gasteiger charge is 2.10. The maximum atomic E-state index is 11.8. The first-order chi connectivity index (χ1) is 8.04. The second-order valence-electron chi connectivity index (χ2n) is 3.98. The first kappa shape index (κ1) is 13.1. The van der Waals surface area contributed by atoms with E-state index in [-0.39, 0.29) is 5.91 Å². The predicted molar refractivity (Wildman–Crippen MR) is 72.2 cm³/mol. The topological polar surface area (TPSA) is 67.1 Å². The molecule has 17 heavy (non-hydrogen) atoms. The van der Waals surface area contributed by atoms with Crippen molar-refractivity contribution in [3.8, 4) is 0 Å². The van der Waals surface area contributed by atoms with Gasteiger partial charge in [0.2, 0.25) is 0 Å². The molecule has 4 heteroatoms. The standard InChI is InChI=1S/C13H19N3O/c1-4-15-13(17)11-6-5-10(14)7-12(11)16-8-9(2)3/h5-7,16H,2,4,8,14H2,1,3H3,(H,15,17). The zero-order valence-electron chi connectivity index (χ0n) is 10.3. The summed E-state index contributed by atoms with van der Waals surface area (Å²) in [6.07, 6.45) is 0. The molecule has 0 aliphatic carbocycles. The minimum absolute atomic E-state index is 0.100. The first-order valence-electron chi connectivity index (χ1n) is 5.60. The highest BCUT2D eigenvalue weighted by Crippen LogP contribution is 2.19. The number of rotatable bonds is 5. The Labute approximate surface area is 102 Å². The number of carbonyl (C=O) groups is 1. The second kappa shape index (κ2) is 5.94. The summed E-state index contributed by atoms with van der Waals surface area (Å²) < 4.78 is 0. The molecule has 0 radical (unpaired) electrons. The van der Waals surface area contributed by atoms with Gasteiger partial charge in [-0.15, -0.1) is 0 Å². The SMILES string of the molecule is C=C(C)CNc1cc(N)ccc1C(=O)NCC. The van der Waals surface area contributed by atoms with E-state index < -0.39 is 0 Å². The van der Waals surface area contributed by atoms with E-state index in [0.29, 0.717) is 24.3 Å². The van der Waals surface area contributed by atoms with Gasteiger partial charge in [-0.3, -0.25) is 4.79 Å². The van der Waals surface area contributed by atoms with Crippen molar-refractivity contribution in [3.63, 3.8) is 0 Å². The molecule has 0 saturated carbocycles. The van der Waals surface area contributed by atoms with Crippen LogP contribution in [-0.4, -0.2) is 19.0 Å². The normalized spacial score (nSPS) is 9.76. The number of nitrogens with two attached hydrogens (primary N) is 1. The van der Waals surface area contributed by atoms with Crippen molar-refractivity contribution in [3.05, 3.63) is 35.9 Å². The fourth-order valence-electron chi connectivity index (χ4n) is 1.41. The lowest BCUT2D eigenvalue weighted by Crippen LogP contribution is -2.24. The molecule has 0 bridgehead atoms. The molecule has 1 rings (SSSR count). The largest absolute Gasteiger partial charge is 0.399 e. The molecule has 0 atom stereocenters. The van der Waals surface area contributed by atoms with Gasteiger partial charge < -0.3 is 16.4 Å². The smallest absolute Gasteiger partial charge is 0.253 e. The summed E-state index contributed by atoms with van der Waals surface area (Å²) in [5.41, 5.74) is 8.67. The van der Waals surface area contributed by atoms with Crippen molar-refractivity contribution in [2.45, 2.75) is 13.8 Å². The third-order valence-electron chi connectivity index (χ3n) is 2.21. The van der Waals surface area contributed by atoms with Crippen LogP contribution in [0.5, 0.6) is 0 Å². The maximum absolute atomic E-state index is 11.8. The van der Waals surface area contributed by atoms with Crippen LogP contribution in [0.3, 0.4) is 0 Å². The quantitative estimate of drug-likeness (QED) is 0.538.